The number of Topliss-reactive ketones (excluding diaryl/α,β-unsaturated/α-hetero) is 1. The van der Waals surface area contributed by atoms with Gasteiger partial charge in [0, 0.05) is 12.0 Å². The highest BCUT2D eigenvalue weighted by atomic mass is 16.5. The maximum atomic E-state index is 11.3. The zero-order chi connectivity index (χ0) is 13.0. The van der Waals surface area contributed by atoms with Crippen molar-refractivity contribution in [1.29, 1.82) is 0 Å². The molecule has 0 bridgehead atoms. The normalized spacial score (nSPS) is 10.0. The Morgan fingerprint density at radius 1 is 1.29 bits per heavy atom. The molecule has 92 valence electrons. The van der Waals surface area contributed by atoms with Crippen molar-refractivity contribution in [2.24, 2.45) is 0 Å². The molecule has 0 saturated heterocycles. The van der Waals surface area contributed by atoms with Crippen LogP contribution in [0.1, 0.15) is 25.3 Å². The van der Waals surface area contributed by atoms with Crippen molar-refractivity contribution in [1.82, 2.24) is 0 Å². The Labute approximate surface area is 98.6 Å². The quantitative estimate of drug-likeness (QED) is 0.473. The molecule has 0 aromatic heterocycles. The summed E-state index contributed by atoms with van der Waals surface area (Å²) in [6, 6.07) is 2.57. The summed E-state index contributed by atoms with van der Waals surface area (Å²) in [7, 11) is 0. The Morgan fingerprint density at radius 2 is 1.94 bits per heavy atom. The van der Waals surface area contributed by atoms with Crippen molar-refractivity contribution in [2.75, 3.05) is 0 Å². The number of ketones is 1. The van der Waals surface area contributed by atoms with Gasteiger partial charge in [0.25, 0.3) is 0 Å². The molecular formula is C12H14O5. The highest BCUT2D eigenvalue weighted by Crippen LogP contribution is 2.35. The molecular weight excluding hydrogens is 224 g/mol. The molecule has 0 aliphatic rings. The third-order valence-corrected chi connectivity index (χ3v) is 2.33. The van der Waals surface area contributed by atoms with Crippen LogP contribution in [0.15, 0.2) is 12.1 Å². The number of aromatic hydroxyl groups is 2. The summed E-state index contributed by atoms with van der Waals surface area (Å²) in [5.41, 5.74) is 0.220. The Hall–Kier alpha value is -2.04. The zero-order valence-corrected chi connectivity index (χ0v) is 9.69. The van der Waals surface area contributed by atoms with Gasteiger partial charge in [-0.3, -0.25) is 9.59 Å². The van der Waals surface area contributed by atoms with Crippen molar-refractivity contribution < 1.29 is 24.5 Å². The van der Waals surface area contributed by atoms with Gasteiger partial charge in [-0.1, -0.05) is 6.92 Å². The highest BCUT2D eigenvalue weighted by Gasteiger charge is 2.15. The van der Waals surface area contributed by atoms with Gasteiger partial charge in [0.05, 0.1) is 0 Å². The minimum Gasteiger partial charge on any atom is -0.508 e. The molecule has 0 spiro atoms. The molecule has 0 amide bonds. The molecule has 5 heteroatoms. The smallest absolute Gasteiger partial charge is 0.318 e. The average Bonchev–Trinajstić information content (AvgIpc) is 2.29. The van der Waals surface area contributed by atoms with Crippen LogP contribution in [0.2, 0.25) is 0 Å². The second-order valence-corrected chi connectivity index (χ2v) is 3.60. The number of carbonyl (C=O) groups is 2. The minimum absolute atomic E-state index is 0.0609. The molecule has 2 N–H and O–H groups in total. The van der Waals surface area contributed by atoms with Crippen LogP contribution >= 0.6 is 0 Å². The molecule has 1 aromatic carbocycles. The van der Waals surface area contributed by atoms with E-state index in [1.807, 2.05) is 0 Å². The number of rotatable bonds is 4. The lowest BCUT2D eigenvalue weighted by Gasteiger charge is -2.08. The molecule has 5 nitrogen and oxygen atoms in total. The van der Waals surface area contributed by atoms with E-state index in [-0.39, 0.29) is 41.4 Å². The van der Waals surface area contributed by atoms with Gasteiger partial charge in [0.15, 0.2) is 11.5 Å². The summed E-state index contributed by atoms with van der Waals surface area (Å²) in [6.07, 6.45) is -0.0639. The molecule has 0 fully saturated rings. The van der Waals surface area contributed by atoms with Crippen LogP contribution in [-0.4, -0.2) is 22.0 Å². The zero-order valence-electron chi connectivity index (χ0n) is 9.69. The molecule has 0 aliphatic heterocycles. The van der Waals surface area contributed by atoms with Gasteiger partial charge >= 0.3 is 5.97 Å². The number of phenolic OH excluding ortho intramolecular Hbond substituents is 2. The fourth-order valence-corrected chi connectivity index (χ4v) is 1.19. The molecule has 0 unspecified atom stereocenters. The van der Waals surface area contributed by atoms with E-state index >= 15 is 0 Å². The minimum atomic E-state index is -0.725. The summed E-state index contributed by atoms with van der Waals surface area (Å²) in [5, 5.41) is 18.9. The van der Waals surface area contributed by atoms with Crippen LogP contribution in [0.5, 0.6) is 17.2 Å². The molecule has 0 radical (unpaired) electrons. The van der Waals surface area contributed by atoms with Crippen molar-refractivity contribution in [3.05, 3.63) is 17.7 Å². The lowest BCUT2D eigenvalue weighted by atomic mass is 10.2. The van der Waals surface area contributed by atoms with Crippen molar-refractivity contribution in [2.45, 2.75) is 26.7 Å². The van der Waals surface area contributed by atoms with Crippen LogP contribution in [0.4, 0.5) is 0 Å². The van der Waals surface area contributed by atoms with Crippen molar-refractivity contribution >= 4 is 11.8 Å². The van der Waals surface area contributed by atoms with Crippen LogP contribution in [0.25, 0.3) is 0 Å². The number of carbonyl (C=O) groups excluding carboxylic acids is 2. The number of esters is 1. The van der Waals surface area contributed by atoms with Gasteiger partial charge in [-0.25, -0.2) is 0 Å². The molecule has 0 heterocycles. The number of phenols is 2. The predicted octanol–water partition coefficient (Wildman–Crippen LogP) is 1.68. The van der Waals surface area contributed by atoms with Crippen LogP contribution in [-0.2, 0) is 9.59 Å². The predicted molar refractivity (Wildman–Crippen MR) is 60.1 cm³/mol. The van der Waals surface area contributed by atoms with E-state index in [4.69, 9.17) is 4.74 Å². The highest BCUT2D eigenvalue weighted by molar-refractivity contribution is 5.96. The number of hydrogen-bond donors (Lipinski definition) is 2. The first-order chi connectivity index (χ1) is 7.95. The number of ether oxygens (including phenoxy) is 1. The van der Waals surface area contributed by atoms with E-state index in [2.05, 4.69) is 0 Å². The maximum absolute atomic E-state index is 11.3. The average molecular weight is 238 g/mol. The molecule has 0 atom stereocenters. The fraction of sp³-hybridized carbons (Fsp3) is 0.333. The monoisotopic (exact) mass is 238 g/mol. The first-order valence-corrected chi connectivity index (χ1v) is 5.19. The van der Waals surface area contributed by atoms with Gasteiger partial charge < -0.3 is 14.9 Å². The second-order valence-electron chi connectivity index (χ2n) is 3.60. The lowest BCUT2D eigenvalue weighted by molar-refractivity contribution is -0.138. The first-order valence-electron chi connectivity index (χ1n) is 5.19. The van der Waals surface area contributed by atoms with E-state index in [0.29, 0.717) is 0 Å². The van der Waals surface area contributed by atoms with Crippen molar-refractivity contribution in [3.8, 4) is 17.2 Å². The van der Waals surface area contributed by atoms with Gasteiger partial charge in [-0.05, 0) is 19.1 Å². The topological polar surface area (TPSA) is 83.8 Å². The summed E-state index contributed by atoms with van der Waals surface area (Å²) < 4.78 is 4.83. The maximum Gasteiger partial charge on any atom is 0.318 e. The Bertz CT molecular complexity index is 450. The molecule has 17 heavy (non-hydrogen) atoms. The second kappa shape index (κ2) is 5.34. The summed E-state index contributed by atoms with van der Waals surface area (Å²) >= 11 is 0. The van der Waals surface area contributed by atoms with E-state index in [9.17, 15) is 19.8 Å². The standard InChI is InChI=1S/C12H14O5/c1-3-8(13)6-11(15)17-10-5-4-9(14)7(2)12(10)16/h4-5,14,16H,3,6H2,1-2H3. The molecule has 0 aliphatic carbocycles. The van der Waals surface area contributed by atoms with Crippen molar-refractivity contribution in [3.63, 3.8) is 0 Å². The summed E-state index contributed by atoms with van der Waals surface area (Å²) in [4.78, 5) is 22.3. The third-order valence-electron chi connectivity index (χ3n) is 2.33. The van der Waals surface area contributed by atoms with Gasteiger partial charge in [-0.15, -0.1) is 0 Å². The summed E-state index contributed by atoms with van der Waals surface area (Å²) in [6.45, 7) is 3.14. The fourth-order valence-electron chi connectivity index (χ4n) is 1.19. The van der Waals surface area contributed by atoms with Crippen LogP contribution in [0, 0.1) is 6.92 Å². The Kier molecular flexibility index (Phi) is 4.09. The van der Waals surface area contributed by atoms with E-state index in [1.54, 1.807) is 6.92 Å². The molecule has 1 aromatic rings. The van der Waals surface area contributed by atoms with Gasteiger partial charge in [0.2, 0.25) is 0 Å². The SMILES string of the molecule is CCC(=O)CC(=O)Oc1ccc(O)c(C)c1O. The third kappa shape index (κ3) is 3.21. The molecule has 0 saturated carbocycles. The van der Waals surface area contributed by atoms with Gasteiger partial charge in [0.1, 0.15) is 18.0 Å². The Morgan fingerprint density at radius 3 is 2.53 bits per heavy atom. The van der Waals surface area contributed by atoms with E-state index in [0.717, 1.165) is 0 Å². The van der Waals surface area contributed by atoms with Gasteiger partial charge in [-0.2, -0.15) is 0 Å². The first kappa shape index (κ1) is 13.0. The molecule has 1 rings (SSSR count). The largest absolute Gasteiger partial charge is 0.508 e. The Balaban J connectivity index is 2.79. The van der Waals surface area contributed by atoms with E-state index in [1.165, 1.54) is 19.1 Å². The van der Waals surface area contributed by atoms with E-state index < -0.39 is 5.97 Å². The van der Waals surface area contributed by atoms with Crippen LogP contribution < -0.4 is 4.74 Å². The summed E-state index contributed by atoms with van der Waals surface area (Å²) in [5.74, 6) is -1.41. The number of benzene rings is 1. The van der Waals surface area contributed by atoms with Crippen LogP contribution in [0.3, 0.4) is 0 Å². The lowest BCUT2D eigenvalue weighted by Crippen LogP contribution is -2.13. The number of hydrogen-bond acceptors (Lipinski definition) is 5.